The van der Waals surface area contributed by atoms with Crippen LogP contribution in [0.25, 0.3) is 0 Å². The molecule has 2 heteroatoms. The van der Waals surface area contributed by atoms with Crippen LogP contribution in [-0.4, -0.2) is 16.2 Å². The van der Waals surface area contributed by atoms with Crippen LogP contribution in [0.15, 0.2) is 0 Å². The van der Waals surface area contributed by atoms with E-state index in [4.69, 9.17) is 4.43 Å². The summed E-state index contributed by atoms with van der Waals surface area (Å²) in [4.78, 5) is 0. The van der Waals surface area contributed by atoms with E-state index < -0.39 is 9.04 Å². The van der Waals surface area contributed by atoms with E-state index in [0.29, 0.717) is 0 Å². The Morgan fingerprint density at radius 2 is 1.75 bits per heavy atom. The maximum absolute atomic E-state index is 5.33. The molecule has 0 aromatic carbocycles. The second-order valence-corrected chi connectivity index (χ2v) is 5.37. The molecule has 0 bridgehead atoms. The second kappa shape index (κ2) is 3.25. The van der Waals surface area contributed by atoms with Crippen LogP contribution in [0.3, 0.4) is 0 Å². The van der Waals surface area contributed by atoms with Gasteiger partial charge in [-0.3, -0.25) is 0 Å². The van der Waals surface area contributed by atoms with Crippen molar-refractivity contribution in [3.8, 4) is 0 Å². The highest BCUT2D eigenvalue weighted by Gasteiger charge is 2.13. The Morgan fingerprint density at radius 1 is 1.12 bits per heavy atom. The fourth-order valence-corrected chi connectivity index (χ4v) is 3.55. The van der Waals surface area contributed by atoms with E-state index in [9.17, 15) is 0 Å². The van der Waals surface area contributed by atoms with Gasteiger partial charge >= 0.3 is 0 Å². The Bertz CT molecular complexity index is 59.5. The lowest BCUT2D eigenvalue weighted by Crippen LogP contribution is -2.18. The van der Waals surface area contributed by atoms with Gasteiger partial charge in [0.25, 0.3) is 0 Å². The molecule has 0 unspecified atom stereocenters. The Balaban J connectivity index is 2.13. The molecular formula is C6H14OSi. The lowest BCUT2D eigenvalue weighted by molar-refractivity contribution is 0.405. The zero-order valence-corrected chi connectivity index (χ0v) is 6.68. The van der Waals surface area contributed by atoms with Crippen molar-refractivity contribution in [1.29, 1.82) is 0 Å². The normalized spacial score (nSPS) is 23.6. The monoisotopic (exact) mass is 130 g/mol. The first-order chi connectivity index (χ1) is 3.93. The number of hydrogen-bond donors (Lipinski definition) is 0. The van der Waals surface area contributed by atoms with Crippen LogP contribution in [0.5, 0.6) is 0 Å². The maximum Gasteiger partial charge on any atom is 0.176 e. The van der Waals surface area contributed by atoms with Crippen molar-refractivity contribution in [3.05, 3.63) is 0 Å². The van der Waals surface area contributed by atoms with E-state index in [0.717, 1.165) is 0 Å². The first kappa shape index (κ1) is 6.30. The molecule has 0 radical (unpaired) electrons. The topological polar surface area (TPSA) is 9.23 Å². The Morgan fingerprint density at radius 3 is 2.12 bits per heavy atom. The van der Waals surface area contributed by atoms with E-state index in [1.165, 1.54) is 31.4 Å². The van der Waals surface area contributed by atoms with Gasteiger partial charge < -0.3 is 4.43 Å². The lowest BCUT2D eigenvalue weighted by atomic mass is 10.3. The third-order valence-electron chi connectivity index (χ3n) is 1.89. The highest BCUT2D eigenvalue weighted by molar-refractivity contribution is 6.51. The second-order valence-electron chi connectivity index (χ2n) is 2.50. The molecule has 0 atom stereocenters. The van der Waals surface area contributed by atoms with Crippen LogP contribution in [0.1, 0.15) is 19.3 Å². The number of rotatable bonds is 1. The fourth-order valence-electron chi connectivity index (χ4n) is 1.30. The molecule has 1 aliphatic heterocycles. The van der Waals surface area contributed by atoms with Gasteiger partial charge in [0.2, 0.25) is 0 Å². The summed E-state index contributed by atoms with van der Waals surface area (Å²) >= 11 is 0. The lowest BCUT2D eigenvalue weighted by Gasteiger charge is -2.17. The van der Waals surface area contributed by atoms with Crippen molar-refractivity contribution in [2.24, 2.45) is 0 Å². The van der Waals surface area contributed by atoms with E-state index in [-0.39, 0.29) is 0 Å². The molecule has 0 amide bonds. The van der Waals surface area contributed by atoms with Crippen molar-refractivity contribution in [2.75, 3.05) is 7.11 Å². The molecule has 0 saturated carbocycles. The average Bonchev–Trinajstić information content (AvgIpc) is 1.90. The van der Waals surface area contributed by atoms with Gasteiger partial charge in [0.15, 0.2) is 9.04 Å². The van der Waals surface area contributed by atoms with Crippen LogP contribution >= 0.6 is 0 Å². The molecule has 1 rings (SSSR count). The minimum atomic E-state index is -0.605. The largest absolute Gasteiger partial charge is 0.423 e. The van der Waals surface area contributed by atoms with Crippen LogP contribution < -0.4 is 0 Å². The van der Waals surface area contributed by atoms with Gasteiger partial charge in [-0.05, 0) is 12.1 Å². The van der Waals surface area contributed by atoms with Gasteiger partial charge in [-0.15, -0.1) is 0 Å². The Hall–Kier alpha value is 0.177. The minimum absolute atomic E-state index is 0.605. The molecule has 1 heterocycles. The molecule has 0 N–H and O–H groups in total. The minimum Gasteiger partial charge on any atom is -0.423 e. The third-order valence-corrected chi connectivity index (χ3v) is 4.66. The van der Waals surface area contributed by atoms with Crippen LogP contribution in [0.2, 0.25) is 12.1 Å². The van der Waals surface area contributed by atoms with Crippen LogP contribution in [0.4, 0.5) is 0 Å². The Labute approximate surface area is 52.8 Å². The van der Waals surface area contributed by atoms with E-state index >= 15 is 0 Å². The molecular weight excluding hydrogens is 116 g/mol. The molecule has 1 nitrogen and oxygen atoms in total. The molecule has 0 aromatic rings. The van der Waals surface area contributed by atoms with Crippen molar-refractivity contribution in [1.82, 2.24) is 0 Å². The SMILES string of the molecule is CO[SiH]1CCCCC1. The first-order valence-corrected chi connectivity index (χ1v) is 5.56. The van der Waals surface area contributed by atoms with Crippen LogP contribution in [-0.2, 0) is 4.43 Å². The van der Waals surface area contributed by atoms with Crippen LogP contribution in [0, 0.1) is 0 Å². The highest BCUT2D eigenvalue weighted by Crippen LogP contribution is 2.18. The smallest absolute Gasteiger partial charge is 0.176 e. The molecule has 1 saturated heterocycles. The van der Waals surface area contributed by atoms with Crippen molar-refractivity contribution in [2.45, 2.75) is 31.4 Å². The molecule has 1 aliphatic rings. The summed E-state index contributed by atoms with van der Waals surface area (Å²) in [5.41, 5.74) is 0. The Kier molecular flexibility index (Phi) is 2.56. The number of hydrogen-bond acceptors (Lipinski definition) is 1. The summed E-state index contributed by atoms with van der Waals surface area (Å²) in [6.07, 6.45) is 4.32. The summed E-state index contributed by atoms with van der Waals surface area (Å²) in [5.74, 6) is 0. The van der Waals surface area contributed by atoms with Crippen molar-refractivity contribution in [3.63, 3.8) is 0 Å². The summed E-state index contributed by atoms with van der Waals surface area (Å²) < 4.78 is 5.33. The first-order valence-electron chi connectivity index (χ1n) is 3.46. The zero-order valence-electron chi connectivity index (χ0n) is 5.52. The molecule has 0 aromatic heterocycles. The summed E-state index contributed by atoms with van der Waals surface area (Å²) in [5, 5.41) is 0. The van der Waals surface area contributed by atoms with Gasteiger partial charge in [-0.25, -0.2) is 0 Å². The summed E-state index contributed by atoms with van der Waals surface area (Å²) in [6, 6.07) is 2.85. The van der Waals surface area contributed by atoms with Crippen molar-refractivity contribution >= 4 is 9.04 Å². The molecule has 0 aliphatic carbocycles. The van der Waals surface area contributed by atoms with E-state index in [2.05, 4.69) is 0 Å². The highest BCUT2D eigenvalue weighted by atomic mass is 28.3. The molecule has 1 fully saturated rings. The third kappa shape index (κ3) is 1.60. The predicted octanol–water partition coefficient (Wildman–Crippen LogP) is 1.54. The molecule has 8 heavy (non-hydrogen) atoms. The maximum atomic E-state index is 5.33. The molecule has 48 valence electrons. The van der Waals surface area contributed by atoms with Gasteiger partial charge in [-0.1, -0.05) is 19.3 Å². The zero-order chi connectivity index (χ0) is 5.82. The quantitative estimate of drug-likeness (QED) is 0.489. The van der Waals surface area contributed by atoms with Crippen molar-refractivity contribution < 1.29 is 4.43 Å². The van der Waals surface area contributed by atoms with Gasteiger partial charge in [-0.2, -0.15) is 0 Å². The van der Waals surface area contributed by atoms with Gasteiger partial charge in [0, 0.05) is 7.11 Å². The van der Waals surface area contributed by atoms with Gasteiger partial charge in [0.1, 0.15) is 0 Å². The van der Waals surface area contributed by atoms with E-state index in [1.807, 2.05) is 7.11 Å². The predicted molar refractivity (Wildman–Crippen MR) is 37.6 cm³/mol. The average molecular weight is 130 g/mol. The summed E-state index contributed by atoms with van der Waals surface area (Å²) in [7, 11) is 1.27. The van der Waals surface area contributed by atoms with Gasteiger partial charge in [0.05, 0.1) is 0 Å². The standard InChI is InChI=1S/C6H14OSi/c1-7-8-5-3-2-4-6-8/h8H,2-6H2,1H3. The van der Waals surface area contributed by atoms with E-state index in [1.54, 1.807) is 0 Å². The fraction of sp³-hybridized carbons (Fsp3) is 1.00. The summed E-state index contributed by atoms with van der Waals surface area (Å²) in [6.45, 7) is 0. The molecule has 0 spiro atoms.